The molecule has 98 valence electrons. The molecule has 1 aromatic carbocycles. The van der Waals surface area contributed by atoms with Gasteiger partial charge < -0.3 is 4.90 Å². The molecule has 0 bridgehead atoms. The van der Waals surface area contributed by atoms with Gasteiger partial charge in [-0.25, -0.2) is 4.39 Å². The molecule has 0 radical (unpaired) electrons. The van der Waals surface area contributed by atoms with Crippen molar-refractivity contribution in [3.05, 3.63) is 35.6 Å². The molecule has 1 aliphatic heterocycles. The molecule has 0 N–H and O–H groups in total. The Bertz CT molecular complexity index is 395. The van der Waals surface area contributed by atoms with E-state index in [-0.39, 0.29) is 17.6 Å². The smallest absolute Gasteiger partial charge is 0.164 e. The number of halogens is 1. The van der Waals surface area contributed by atoms with Crippen molar-refractivity contribution in [2.45, 2.75) is 38.6 Å². The molecule has 2 rings (SSSR count). The first-order valence-electron chi connectivity index (χ1n) is 6.69. The second kappa shape index (κ2) is 6.10. The predicted octanol–water partition coefficient (Wildman–Crippen LogP) is 3.27. The van der Waals surface area contributed by atoms with Crippen LogP contribution < -0.4 is 0 Å². The number of rotatable bonds is 4. The lowest BCUT2D eigenvalue weighted by Gasteiger charge is -2.32. The molecule has 0 saturated carbocycles. The van der Waals surface area contributed by atoms with Crippen molar-refractivity contribution < 1.29 is 9.18 Å². The molecule has 0 aromatic heterocycles. The van der Waals surface area contributed by atoms with Gasteiger partial charge in [0.2, 0.25) is 0 Å². The van der Waals surface area contributed by atoms with Gasteiger partial charge in [0, 0.05) is 18.0 Å². The number of likely N-dealkylation sites (tertiary alicyclic amines) is 1. The van der Waals surface area contributed by atoms with Crippen LogP contribution in [0.4, 0.5) is 4.39 Å². The van der Waals surface area contributed by atoms with E-state index in [2.05, 4.69) is 11.8 Å². The van der Waals surface area contributed by atoms with E-state index in [1.54, 1.807) is 12.1 Å². The quantitative estimate of drug-likeness (QED) is 0.763. The summed E-state index contributed by atoms with van der Waals surface area (Å²) in [4.78, 5) is 14.4. The van der Waals surface area contributed by atoms with E-state index in [1.807, 2.05) is 0 Å². The maximum Gasteiger partial charge on any atom is 0.164 e. The summed E-state index contributed by atoms with van der Waals surface area (Å²) in [5, 5.41) is 0. The monoisotopic (exact) mass is 249 g/mol. The van der Waals surface area contributed by atoms with Gasteiger partial charge in [-0.1, -0.05) is 6.42 Å². The third-order valence-corrected chi connectivity index (χ3v) is 3.66. The molecule has 1 saturated heterocycles. The molecule has 1 atom stereocenters. The maximum atomic E-state index is 12.8. The second-order valence-corrected chi connectivity index (χ2v) is 5.08. The Morgan fingerprint density at radius 2 is 1.83 bits per heavy atom. The van der Waals surface area contributed by atoms with Gasteiger partial charge in [0.05, 0.1) is 0 Å². The van der Waals surface area contributed by atoms with E-state index in [9.17, 15) is 9.18 Å². The predicted molar refractivity (Wildman–Crippen MR) is 70.2 cm³/mol. The van der Waals surface area contributed by atoms with Crippen molar-refractivity contribution in [1.29, 1.82) is 0 Å². The van der Waals surface area contributed by atoms with Gasteiger partial charge in [0.15, 0.2) is 5.78 Å². The first-order chi connectivity index (χ1) is 8.66. The summed E-state index contributed by atoms with van der Waals surface area (Å²) in [6, 6.07) is 6.11. The van der Waals surface area contributed by atoms with Gasteiger partial charge in [-0.3, -0.25) is 4.79 Å². The van der Waals surface area contributed by atoms with Gasteiger partial charge in [-0.15, -0.1) is 0 Å². The summed E-state index contributed by atoms with van der Waals surface area (Å²) < 4.78 is 12.8. The molecule has 18 heavy (non-hydrogen) atoms. The summed E-state index contributed by atoms with van der Waals surface area (Å²) in [6.07, 6.45) is 4.28. The van der Waals surface area contributed by atoms with E-state index in [4.69, 9.17) is 0 Å². The van der Waals surface area contributed by atoms with Crippen LogP contribution >= 0.6 is 0 Å². The Balaban J connectivity index is 1.91. The largest absolute Gasteiger partial charge is 0.300 e. The van der Waals surface area contributed by atoms with Gasteiger partial charge >= 0.3 is 0 Å². The molecular formula is C15H20FNO. The Labute approximate surface area is 108 Å². The minimum Gasteiger partial charge on any atom is -0.300 e. The zero-order chi connectivity index (χ0) is 13.0. The van der Waals surface area contributed by atoms with E-state index in [0.717, 1.165) is 13.1 Å². The Morgan fingerprint density at radius 3 is 2.44 bits per heavy atom. The first-order valence-corrected chi connectivity index (χ1v) is 6.69. The molecule has 1 aromatic rings. The average Bonchev–Trinajstić information content (AvgIpc) is 2.40. The second-order valence-electron chi connectivity index (χ2n) is 5.08. The Hall–Kier alpha value is -1.22. The molecule has 0 amide bonds. The van der Waals surface area contributed by atoms with Crippen molar-refractivity contribution in [2.24, 2.45) is 0 Å². The molecule has 0 aliphatic carbocycles. The van der Waals surface area contributed by atoms with E-state index < -0.39 is 0 Å². The van der Waals surface area contributed by atoms with Crippen molar-refractivity contribution in [3.63, 3.8) is 0 Å². The van der Waals surface area contributed by atoms with Crippen LogP contribution in [0.25, 0.3) is 0 Å². The lowest BCUT2D eigenvalue weighted by atomic mass is 10.0. The van der Waals surface area contributed by atoms with Gasteiger partial charge in [-0.2, -0.15) is 0 Å². The van der Waals surface area contributed by atoms with Crippen molar-refractivity contribution in [3.8, 4) is 0 Å². The van der Waals surface area contributed by atoms with Crippen molar-refractivity contribution in [1.82, 2.24) is 4.90 Å². The lowest BCUT2D eigenvalue weighted by molar-refractivity contribution is 0.0911. The zero-order valence-corrected chi connectivity index (χ0v) is 10.9. The number of ketones is 1. The van der Waals surface area contributed by atoms with Crippen LogP contribution in [-0.4, -0.2) is 29.8 Å². The minimum atomic E-state index is -0.296. The van der Waals surface area contributed by atoms with Crippen LogP contribution in [0.5, 0.6) is 0 Å². The summed E-state index contributed by atoms with van der Waals surface area (Å²) in [7, 11) is 0. The third-order valence-electron chi connectivity index (χ3n) is 3.66. The van der Waals surface area contributed by atoms with Crippen LogP contribution in [0.15, 0.2) is 24.3 Å². The highest BCUT2D eigenvalue weighted by Crippen LogP contribution is 2.16. The van der Waals surface area contributed by atoms with Gasteiger partial charge in [0.25, 0.3) is 0 Å². The molecule has 1 fully saturated rings. The number of carbonyl (C=O) groups is 1. The highest BCUT2D eigenvalue weighted by molar-refractivity contribution is 5.96. The van der Waals surface area contributed by atoms with Crippen LogP contribution in [-0.2, 0) is 0 Å². The molecule has 0 spiro atoms. The first kappa shape index (κ1) is 13.2. The summed E-state index contributed by atoms with van der Waals surface area (Å²) >= 11 is 0. The van der Waals surface area contributed by atoms with Crippen LogP contribution in [0, 0.1) is 5.82 Å². The summed E-state index contributed by atoms with van der Waals surface area (Å²) in [5.41, 5.74) is 0.611. The number of hydrogen-bond donors (Lipinski definition) is 0. The number of Topliss-reactive ketones (excluding diaryl/α,β-unsaturated/α-hetero) is 1. The van der Waals surface area contributed by atoms with Crippen molar-refractivity contribution >= 4 is 5.78 Å². The fourth-order valence-electron chi connectivity index (χ4n) is 2.51. The van der Waals surface area contributed by atoms with Crippen LogP contribution in [0.3, 0.4) is 0 Å². The normalized spacial score (nSPS) is 18.6. The molecule has 1 heterocycles. The number of hydrogen-bond acceptors (Lipinski definition) is 2. The highest BCUT2D eigenvalue weighted by atomic mass is 19.1. The maximum absolute atomic E-state index is 12.8. The number of nitrogens with zero attached hydrogens (tertiary/aromatic N) is 1. The van der Waals surface area contributed by atoms with E-state index >= 15 is 0 Å². The van der Waals surface area contributed by atoms with Crippen molar-refractivity contribution in [2.75, 3.05) is 13.1 Å². The van der Waals surface area contributed by atoms with Crippen LogP contribution in [0.1, 0.15) is 43.0 Å². The molecule has 2 nitrogen and oxygen atoms in total. The summed E-state index contributed by atoms with van der Waals surface area (Å²) in [6.45, 7) is 4.29. The third kappa shape index (κ3) is 3.39. The lowest BCUT2D eigenvalue weighted by Crippen LogP contribution is -2.38. The highest BCUT2D eigenvalue weighted by Gasteiger charge is 2.19. The number of benzene rings is 1. The standard InChI is InChI=1S/C15H20FNO/c1-12(17-9-3-2-4-10-17)11-15(18)13-5-7-14(16)8-6-13/h5-8,12H,2-4,9-11H2,1H3/t12-/m0/s1. The molecule has 1 aliphatic rings. The minimum absolute atomic E-state index is 0.105. The van der Waals surface area contributed by atoms with E-state index in [0.29, 0.717) is 12.0 Å². The Kier molecular flexibility index (Phi) is 4.48. The van der Waals surface area contributed by atoms with Gasteiger partial charge in [0.1, 0.15) is 5.82 Å². The van der Waals surface area contributed by atoms with Crippen LogP contribution in [0.2, 0.25) is 0 Å². The fraction of sp³-hybridized carbons (Fsp3) is 0.533. The molecule has 0 unspecified atom stereocenters. The van der Waals surface area contributed by atoms with Gasteiger partial charge in [-0.05, 0) is 57.1 Å². The SMILES string of the molecule is C[C@@H](CC(=O)c1ccc(F)cc1)N1CCCCC1. The topological polar surface area (TPSA) is 20.3 Å². The van der Waals surface area contributed by atoms with E-state index in [1.165, 1.54) is 31.4 Å². The molecule has 3 heteroatoms. The zero-order valence-electron chi connectivity index (χ0n) is 10.9. The number of piperidine rings is 1. The Morgan fingerprint density at radius 1 is 1.22 bits per heavy atom. The average molecular weight is 249 g/mol. The summed E-state index contributed by atoms with van der Waals surface area (Å²) in [5.74, 6) is -0.191. The molecular weight excluding hydrogens is 229 g/mol. The fourth-order valence-corrected chi connectivity index (χ4v) is 2.51. The number of carbonyl (C=O) groups excluding carboxylic acids is 1.